The van der Waals surface area contributed by atoms with Crippen LogP contribution in [0.1, 0.15) is 12.8 Å². The summed E-state index contributed by atoms with van der Waals surface area (Å²) >= 11 is 1.43. The first kappa shape index (κ1) is 7.00. The van der Waals surface area contributed by atoms with Crippen molar-refractivity contribution in [2.24, 2.45) is 0 Å². The van der Waals surface area contributed by atoms with Gasteiger partial charge in [0, 0.05) is 24.6 Å². The van der Waals surface area contributed by atoms with E-state index in [1.54, 1.807) is 6.33 Å². The van der Waals surface area contributed by atoms with Gasteiger partial charge in [0.15, 0.2) is 0 Å². The summed E-state index contributed by atoms with van der Waals surface area (Å²) in [6.45, 7) is 2.11. The molecular weight excluding hydrogens is 160 g/mol. The Morgan fingerprint density at radius 3 is 3.18 bits per heavy atom. The zero-order valence-electron chi connectivity index (χ0n) is 6.16. The second kappa shape index (κ2) is 3.15. The lowest BCUT2D eigenvalue weighted by atomic mass is 10.3. The number of hydrazine groups is 1. The molecule has 1 N–H and O–H groups in total. The standard InChI is InChI=1S/C6H10N4S/c1-2-4-10(8-3-1)6-7-5-9-11-6/h5,8H,1-4H2. The van der Waals surface area contributed by atoms with Crippen LogP contribution in [-0.2, 0) is 0 Å². The molecule has 1 aromatic heterocycles. The SMILES string of the molecule is c1nsc(N2CCCCN2)n1. The molecule has 4 nitrogen and oxygen atoms in total. The van der Waals surface area contributed by atoms with Gasteiger partial charge in [0.1, 0.15) is 6.33 Å². The van der Waals surface area contributed by atoms with E-state index < -0.39 is 0 Å². The fraction of sp³-hybridized carbons (Fsp3) is 0.667. The van der Waals surface area contributed by atoms with E-state index in [-0.39, 0.29) is 0 Å². The first-order valence-corrected chi connectivity index (χ1v) is 4.52. The van der Waals surface area contributed by atoms with E-state index in [9.17, 15) is 0 Å². The van der Waals surface area contributed by atoms with Crippen LogP contribution in [0.3, 0.4) is 0 Å². The summed E-state index contributed by atoms with van der Waals surface area (Å²) in [5.41, 5.74) is 3.26. The normalized spacial score (nSPS) is 18.7. The molecule has 0 unspecified atom stereocenters. The molecule has 0 aliphatic carbocycles. The Morgan fingerprint density at radius 1 is 1.55 bits per heavy atom. The number of nitrogens with one attached hydrogen (secondary N) is 1. The van der Waals surface area contributed by atoms with Gasteiger partial charge in [0.05, 0.1) is 0 Å². The first-order valence-electron chi connectivity index (χ1n) is 3.74. The van der Waals surface area contributed by atoms with Crippen LogP contribution in [0.15, 0.2) is 6.33 Å². The Morgan fingerprint density at radius 2 is 2.55 bits per heavy atom. The van der Waals surface area contributed by atoms with Gasteiger partial charge in [-0.2, -0.15) is 4.37 Å². The molecule has 1 fully saturated rings. The fourth-order valence-electron chi connectivity index (χ4n) is 1.14. The van der Waals surface area contributed by atoms with Crippen molar-refractivity contribution in [1.29, 1.82) is 0 Å². The highest BCUT2D eigenvalue weighted by atomic mass is 32.1. The van der Waals surface area contributed by atoms with Gasteiger partial charge >= 0.3 is 0 Å². The van der Waals surface area contributed by atoms with E-state index >= 15 is 0 Å². The van der Waals surface area contributed by atoms with Gasteiger partial charge in [0.25, 0.3) is 0 Å². The quantitative estimate of drug-likeness (QED) is 0.671. The van der Waals surface area contributed by atoms with Crippen LogP contribution in [-0.4, -0.2) is 22.4 Å². The highest BCUT2D eigenvalue weighted by Gasteiger charge is 2.11. The largest absolute Gasteiger partial charge is 0.282 e. The van der Waals surface area contributed by atoms with Crippen LogP contribution in [0.2, 0.25) is 0 Å². The van der Waals surface area contributed by atoms with Crippen molar-refractivity contribution in [2.45, 2.75) is 12.8 Å². The van der Waals surface area contributed by atoms with Crippen LogP contribution in [0, 0.1) is 0 Å². The maximum Gasteiger partial charge on any atom is 0.219 e. The van der Waals surface area contributed by atoms with Crippen LogP contribution in [0.4, 0.5) is 5.13 Å². The molecule has 0 aromatic carbocycles. The Bertz CT molecular complexity index is 204. The molecule has 0 atom stereocenters. The molecule has 0 saturated carbocycles. The molecule has 1 aliphatic rings. The van der Waals surface area contributed by atoms with Gasteiger partial charge < -0.3 is 0 Å². The van der Waals surface area contributed by atoms with Crippen LogP contribution < -0.4 is 10.4 Å². The molecule has 1 aliphatic heterocycles. The Labute approximate surface area is 69.4 Å². The van der Waals surface area contributed by atoms with E-state index in [0.717, 1.165) is 18.2 Å². The minimum absolute atomic E-state index is 0.977. The second-order valence-electron chi connectivity index (χ2n) is 2.49. The number of anilines is 1. The molecule has 1 saturated heterocycles. The molecule has 2 rings (SSSR count). The minimum atomic E-state index is 0.977. The monoisotopic (exact) mass is 170 g/mol. The summed E-state index contributed by atoms with van der Waals surface area (Å²) in [7, 11) is 0. The third kappa shape index (κ3) is 1.49. The topological polar surface area (TPSA) is 41.1 Å². The maximum absolute atomic E-state index is 4.11. The van der Waals surface area contributed by atoms with Gasteiger partial charge in [-0.05, 0) is 12.8 Å². The Kier molecular flexibility index (Phi) is 2.00. The third-order valence-electron chi connectivity index (χ3n) is 1.69. The Balaban J connectivity index is 2.04. The molecule has 11 heavy (non-hydrogen) atoms. The molecule has 0 spiro atoms. The molecule has 60 valence electrons. The molecule has 0 radical (unpaired) electrons. The van der Waals surface area contributed by atoms with Crippen molar-refractivity contribution in [1.82, 2.24) is 14.8 Å². The van der Waals surface area contributed by atoms with Gasteiger partial charge in [-0.25, -0.2) is 10.4 Å². The summed E-state index contributed by atoms with van der Waals surface area (Å²) in [5, 5.41) is 3.05. The van der Waals surface area contributed by atoms with E-state index in [1.807, 2.05) is 0 Å². The number of hydrogen-bond acceptors (Lipinski definition) is 5. The summed E-state index contributed by atoms with van der Waals surface area (Å²) in [4.78, 5) is 4.11. The van der Waals surface area contributed by atoms with Crippen LogP contribution in [0.25, 0.3) is 0 Å². The smallest absolute Gasteiger partial charge is 0.219 e. The van der Waals surface area contributed by atoms with Crippen molar-refractivity contribution < 1.29 is 0 Å². The Hall–Kier alpha value is -0.680. The lowest BCUT2D eigenvalue weighted by Crippen LogP contribution is -2.43. The lowest BCUT2D eigenvalue weighted by Gasteiger charge is -2.26. The zero-order chi connectivity index (χ0) is 7.52. The van der Waals surface area contributed by atoms with Gasteiger partial charge in [-0.1, -0.05) is 0 Å². The predicted molar refractivity (Wildman–Crippen MR) is 44.5 cm³/mol. The fourth-order valence-corrected chi connectivity index (χ4v) is 1.67. The van der Waals surface area contributed by atoms with Crippen molar-refractivity contribution in [2.75, 3.05) is 18.1 Å². The van der Waals surface area contributed by atoms with Crippen molar-refractivity contribution in [3.63, 3.8) is 0 Å². The molecule has 0 amide bonds. The van der Waals surface area contributed by atoms with Gasteiger partial charge in [-0.15, -0.1) is 0 Å². The predicted octanol–water partition coefficient (Wildman–Crippen LogP) is 0.643. The van der Waals surface area contributed by atoms with Gasteiger partial charge in [-0.3, -0.25) is 5.01 Å². The van der Waals surface area contributed by atoms with Crippen molar-refractivity contribution >= 4 is 16.7 Å². The highest BCUT2D eigenvalue weighted by molar-refractivity contribution is 7.09. The van der Waals surface area contributed by atoms with E-state index in [4.69, 9.17) is 0 Å². The lowest BCUT2D eigenvalue weighted by molar-refractivity contribution is 0.511. The molecule has 2 heterocycles. The summed E-state index contributed by atoms with van der Waals surface area (Å²) in [6, 6.07) is 0. The highest BCUT2D eigenvalue weighted by Crippen LogP contribution is 2.14. The molecule has 0 bridgehead atoms. The maximum atomic E-state index is 4.11. The second-order valence-corrected chi connectivity index (χ2v) is 3.25. The molecule has 1 aromatic rings. The molecule has 5 heteroatoms. The molecular formula is C6H10N4S. The van der Waals surface area contributed by atoms with E-state index in [2.05, 4.69) is 19.8 Å². The van der Waals surface area contributed by atoms with Gasteiger partial charge in [0.2, 0.25) is 5.13 Å². The third-order valence-corrected chi connectivity index (χ3v) is 2.38. The number of aromatic nitrogens is 2. The summed E-state index contributed by atoms with van der Waals surface area (Å²) < 4.78 is 3.95. The summed E-state index contributed by atoms with van der Waals surface area (Å²) in [6.07, 6.45) is 4.10. The number of nitrogens with zero attached hydrogens (tertiary/aromatic N) is 3. The first-order chi connectivity index (χ1) is 5.47. The van der Waals surface area contributed by atoms with E-state index in [0.29, 0.717) is 0 Å². The zero-order valence-corrected chi connectivity index (χ0v) is 6.97. The number of rotatable bonds is 1. The van der Waals surface area contributed by atoms with E-state index in [1.165, 1.54) is 24.4 Å². The summed E-state index contributed by atoms with van der Waals surface area (Å²) in [5.74, 6) is 0. The average molecular weight is 170 g/mol. The van der Waals surface area contributed by atoms with Crippen molar-refractivity contribution in [3.8, 4) is 0 Å². The van der Waals surface area contributed by atoms with Crippen LogP contribution in [0.5, 0.6) is 0 Å². The van der Waals surface area contributed by atoms with Crippen LogP contribution >= 0.6 is 11.5 Å². The van der Waals surface area contributed by atoms with Crippen molar-refractivity contribution in [3.05, 3.63) is 6.33 Å². The average Bonchev–Trinajstić information content (AvgIpc) is 2.58. The minimum Gasteiger partial charge on any atom is -0.282 e. The number of hydrogen-bond donors (Lipinski definition) is 1.